The summed E-state index contributed by atoms with van der Waals surface area (Å²) in [6, 6.07) is 4.67. The van der Waals surface area contributed by atoms with Crippen LogP contribution in [0.4, 0.5) is 4.39 Å². The molecule has 1 saturated carbocycles. The predicted octanol–water partition coefficient (Wildman–Crippen LogP) is 3.31. The van der Waals surface area contributed by atoms with Crippen molar-refractivity contribution in [1.29, 1.82) is 0 Å². The first-order chi connectivity index (χ1) is 6.75. The van der Waals surface area contributed by atoms with E-state index in [1.807, 2.05) is 6.92 Å². The molecule has 0 N–H and O–H groups in total. The van der Waals surface area contributed by atoms with Crippen LogP contribution in [0.15, 0.2) is 18.2 Å². The lowest BCUT2D eigenvalue weighted by atomic mass is 9.86. The lowest BCUT2D eigenvalue weighted by Crippen LogP contribution is -2.19. The van der Waals surface area contributed by atoms with Gasteiger partial charge in [0.05, 0.1) is 6.61 Å². The molecule has 1 aromatic carbocycles. The van der Waals surface area contributed by atoms with Crippen molar-refractivity contribution >= 4 is 0 Å². The highest BCUT2D eigenvalue weighted by Gasteiger charge is 2.18. The Bertz CT molecular complexity index is 318. The van der Waals surface area contributed by atoms with Gasteiger partial charge in [0, 0.05) is 0 Å². The zero-order chi connectivity index (χ0) is 9.97. The van der Waals surface area contributed by atoms with Gasteiger partial charge in [-0.2, -0.15) is 0 Å². The molecule has 1 fully saturated rings. The van der Waals surface area contributed by atoms with Crippen LogP contribution in [0.3, 0.4) is 0 Å². The number of ether oxygens (including phenoxy) is 1. The van der Waals surface area contributed by atoms with E-state index < -0.39 is 0 Å². The molecule has 2 rings (SSSR count). The highest BCUT2D eigenvalue weighted by molar-refractivity contribution is 5.32. The molecule has 0 unspecified atom stereocenters. The van der Waals surface area contributed by atoms with Gasteiger partial charge in [0.2, 0.25) is 0 Å². The summed E-state index contributed by atoms with van der Waals surface area (Å²) in [4.78, 5) is 0. The Morgan fingerprint density at radius 3 is 2.79 bits per heavy atom. The van der Waals surface area contributed by atoms with E-state index in [4.69, 9.17) is 4.74 Å². The SMILES string of the molecule is Cc1cc(F)ccc1OCC1CCC1. The summed E-state index contributed by atoms with van der Waals surface area (Å²) in [7, 11) is 0. The summed E-state index contributed by atoms with van der Waals surface area (Å²) in [5.74, 6) is 1.34. The van der Waals surface area contributed by atoms with Gasteiger partial charge in [-0.25, -0.2) is 4.39 Å². The lowest BCUT2D eigenvalue weighted by Gasteiger charge is -2.25. The van der Waals surface area contributed by atoms with Crippen LogP contribution in [0.1, 0.15) is 24.8 Å². The van der Waals surface area contributed by atoms with E-state index in [9.17, 15) is 4.39 Å². The molecule has 0 spiro atoms. The van der Waals surface area contributed by atoms with Gasteiger partial charge in [0.15, 0.2) is 0 Å². The van der Waals surface area contributed by atoms with Gasteiger partial charge in [0.25, 0.3) is 0 Å². The second kappa shape index (κ2) is 3.99. The summed E-state index contributed by atoms with van der Waals surface area (Å²) in [6.07, 6.45) is 3.89. The van der Waals surface area contributed by atoms with Gasteiger partial charge >= 0.3 is 0 Å². The van der Waals surface area contributed by atoms with E-state index in [2.05, 4.69) is 0 Å². The van der Waals surface area contributed by atoms with Crippen molar-refractivity contribution in [3.8, 4) is 5.75 Å². The van der Waals surface area contributed by atoms with Crippen molar-refractivity contribution in [2.75, 3.05) is 6.61 Å². The van der Waals surface area contributed by atoms with Crippen LogP contribution >= 0.6 is 0 Å². The topological polar surface area (TPSA) is 9.23 Å². The molecule has 1 aromatic rings. The molecule has 0 amide bonds. The van der Waals surface area contributed by atoms with Crippen LogP contribution in [0, 0.1) is 18.7 Å². The molecule has 0 aromatic heterocycles. The molecule has 2 heteroatoms. The zero-order valence-corrected chi connectivity index (χ0v) is 8.42. The lowest BCUT2D eigenvalue weighted by molar-refractivity contribution is 0.179. The number of rotatable bonds is 3. The maximum absolute atomic E-state index is 12.8. The van der Waals surface area contributed by atoms with E-state index in [0.717, 1.165) is 23.8 Å². The highest BCUT2D eigenvalue weighted by atomic mass is 19.1. The van der Waals surface area contributed by atoms with Gasteiger partial charge in [-0.15, -0.1) is 0 Å². The zero-order valence-electron chi connectivity index (χ0n) is 8.42. The average Bonchev–Trinajstić information content (AvgIpc) is 2.05. The Morgan fingerprint density at radius 1 is 1.43 bits per heavy atom. The Hall–Kier alpha value is -1.05. The molecule has 14 heavy (non-hydrogen) atoms. The molecular weight excluding hydrogens is 179 g/mol. The van der Waals surface area contributed by atoms with E-state index in [1.165, 1.54) is 31.4 Å². The maximum Gasteiger partial charge on any atom is 0.123 e. The first-order valence-corrected chi connectivity index (χ1v) is 5.14. The minimum absolute atomic E-state index is 0.196. The van der Waals surface area contributed by atoms with Gasteiger partial charge in [0.1, 0.15) is 11.6 Å². The van der Waals surface area contributed by atoms with Gasteiger partial charge in [-0.05, 0) is 49.4 Å². The third kappa shape index (κ3) is 2.06. The van der Waals surface area contributed by atoms with Crippen LogP contribution in [0.5, 0.6) is 5.75 Å². The smallest absolute Gasteiger partial charge is 0.123 e. The van der Waals surface area contributed by atoms with Crippen molar-refractivity contribution in [2.45, 2.75) is 26.2 Å². The molecule has 0 aliphatic heterocycles. The van der Waals surface area contributed by atoms with Crippen LogP contribution in [-0.4, -0.2) is 6.61 Å². The number of aryl methyl sites for hydroxylation is 1. The van der Waals surface area contributed by atoms with Gasteiger partial charge in [-0.3, -0.25) is 0 Å². The summed E-state index contributed by atoms with van der Waals surface area (Å²) >= 11 is 0. The molecule has 0 bridgehead atoms. The third-order valence-corrected chi connectivity index (χ3v) is 2.84. The minimum Gasteiger partial charge on any atom is -0.493 e. The van der Waals surface area contributed by atoms with Crippen molar-refractivity contribution in [1.82, 2.24) is 0 Å². The maximum atomic E-state index is 12.8. The second-order valence-corrected chi connectivity index (χ2v) is 4.02. The fourth-order valence-corrected chi connectivity index (χ4v) is 1.64. The molecule has 0 saturated heterocycles. The van der Waals surface area contributed by atoms with Gasteiger partial charge in [-0.1, -0.05) is 6.42 Å². The third-order valence-electron chi connectivity index (χ3n) is 2.84. The fourth-order valence-electron chi connectivity index (χ4n) is 1.64. The molecular formula is C12H15FO. The quantitative estimate of drug-likeness (QED) is 0.717. The largest absolute Gasteiger partial charge is 0.493 e. The molecule has 1 aliphatic carbocycles. The van der Waals surface area contributed by atoms with E-state index >= 15 is 0 Å². The molecule has 0 atom stereocenters. The Labute approximate surface area is 83.9 Å². The standard InChI is InChI=1S/C12H15FO/c1-9-7-11(13)5-6-12(9)14-8-10-3-2-4-10/h5-7,10H,2-4,8H2,1H3. The average molecular weight is 194 g/mol. The normalized spacial score (nSPS) is 16.4. The molecule has 0 radical (unpaired) electrons. The number of benzene rings is 1. The van der Waals surface area contributed by atoms with Crippen LogP contribution in [0.2, 0.25) is 0 Å². The van der Waals surface area contributed by atoms with Crippen molar-refractivity contribution in [3.05, 3.63) is 29.6 Å². The fraction of sp³-hybridized carbons (Fsp3) is 0.500. The predicted molar refractivity (Wildman–Crippen MR) is 54.0 cm³/mol. The van der Waals surface area contributed by atoms with Crippen molar-refractivity contribution < 1.29 is 9.13 Å². The number of hydrogen-bond acceptors (Lipinski definition) is 1. The molecule has 0 heterocycles. The number of halogens is 1. The molecule has 76 valence electrons. The van der Waals surface area contributed by atoms with Crippen LogP contribution in [0.25, 0.3) is 0 Å². The summed E-state index contributed by atoms with van der Waals surface area (Å²) in [5, 5.41) is 0. The molecule has 1 aliphatic rings. The van der Waals surface area contributed by atoms with Crippen molar-refractivity contribution in [3.63, 3.8) is 0 Å². The Balaban J connectivity index is 1.94. The molecule has 1 nitrogen and oxygen atoms in total. The summed E-state index contributed by atoms with van der Waals surface area (Å²) in [5.41, 5.74) is 0.879. The Kier molecular flexibility index (Phi) is 2.71. The van der Waals surface area contributed by atoms with Gasteiger partial charge < -0.3 is 4.74 Å². The van der Waals surface area contributed by atoms with E-state index in [0.29, 0.717) is 0 Å². The monoisotopic (exact) mass is 194 g/mol. The first-order valence-electron chi connectivity index (χ1n) is 5.14. The van der Waals surface area contributed by atoms with E-state index in [-0.39, 0.29) is 5.82 Å². The first kappa shape index (κ1) is 9.50. The van der Waals surface area contributed by atoms with Crippen molar-refractivity contribution in [2.24, 2.45) is 5.92 Å². The minimum atomic E-state index is -0.196. The summed E-state index contributed by atoms with van der Waals surface area (Å²) in [6.45, 7) is 2.66. The second-order valence-electron chi connectivity index (χ2n) is 4.02. The van der Waals surface area contributed by atoms with Crippen LogP contribution < -0.4 is 4.74 Å². The van der Waals surface area contributed by atoms with E-state index in [1.54, 1.807) is 6.07 Å². The highest BCUT2D eigenvalue weighted by Crippen LogP contribution is 2.28. The Morgan fingerprint density at radius 2 is 2.21 bits per heavy atom. The number of hydrogen-bond donors (Lipinski definition) is 0. The summed E-state index contributed by atoms with van der Waals surface area (Å²) < 4.78 is 18.4. The van der Waals surface area contributed by atoms with Crippen LogP contribution in [-0.2, 0) is 0 Å².